The molecule has 0 spiro atoms. The molecule has 1 aromatic heterocycles. The third-order valence-corrected chi connectivity index (χ3v) is 14.9. The Kier molecular flexibility index (Phi) is 9.29. The first-order valence-electron chi connectivity index (χ1n) is 22.5. The summed E-state index contributed by atoms with van der Waals surface area (Å²) in [4.78, 5) is 4.83. The highest BCUT2D eigenvalue weighted by Gasteiger charge is 2.36. The van der Waals surface area contributed by atoms with Crippen molar-refractivity contribution < 1.29 is 0 Å². The maximum atomic E-state index is 4.54. The summed E-state index contributed by atoms with van der Waals surface area (Å²) < 4.78 is 2.64. The zero-order chi connectivity index (χ0) is 43.6. The number of allylic oxidation sites excluding steroid dienone is 4. The monoisotopic (exact) mass is 850 g/mol. The predicted octanol–water partition coefficient (Wildman–Crippen LogP) is 17.6. The van der Waals surface area contributed by atoms with Gasteiger partial charge in [0, 0.05) is 71.4 Å². The maximum absolute atomic E-state index is 4.54. The topological polar surface area (TPSA) is 6.48 Å². The van der Waals surface area contributed by atoms with Crippen LogP contribution >= 0.6 is 11.3 Å². The average Bonchev–Trinajstić information content (AvgIpc) is 3.87. The molecule has 0 saturated heterocycles. The quantitative estimate of drug-likeness (QED) is 0.164. The first-order valence-corrected chi connectivity index (χ1v) is 23.3. The number of para-hydroxylation sites is 1. The van der Waals surface area contributed by atoms with Crippen molar-refractivity contribution in [2.75, 3.05) is 16.3 Å². The van der Waals surface area contributed by atoms with Gasteiger partial charge in [0.25, 0.3) is 0 Å². The van der Waals surface area contributed by atoms with Gasteiger partial charge in [0.15, 0.2) is 0 Å². The molecule has 0 unspecified atom stereocenters. The summed E-state index contributed by atoms with van der Waals surface area (Å²) in [5.74, 6) is 0. The van der Waals surface area contributed by atoms with Gasteiger partial charge >= 0.3 is 0 Å². The Morgan fingerprint density at radius 1 is 0.508 bits per heavy atom. The van der Waals surface area contributed by atoms with E-state index in [4.69, 9.17) is 0 Å². The molecule has 3 heteroatoms. The second-order valence-electron chi connectivity index (χ2n) is 17.7. The summed E-state index contributed by atoms with van der Waals surface area (Å²) in [7, 11) is 0. The minimum absolute atomic E-state index is 0.138. The van der Waals surface area contributed by atoms with E-state index in [1.807, 2.05) is 11.3 Å². The molecule has 0 atom stereocenters. The smallest absolute Gasteiger partial charge is 0.0540 e. The summed E-state index contributed by atoms with van der Waals surface area (Å²) in [6.45, 7) is 10.0. The van der Waals surface area contributed by atoms with Crippen molar-refractivity contribution in [2.24, 2.45) is 0 Å². The number of hydrogen-bond acceptors (Lipinski definition) is 3. The van der Waals surface area contributed by atoms with Crippen molar-refractivity contribution >= 4 is 76.3 Å². The van der Waals surface area contributed by atoms with Crippen LogP contribution in [0.3, 0.4) is 0 Å². The van der Waals surface area contributed by atoms with Crippen LogP contribution in [0, 0.1) is 0 Å². The molecule has 310 valence electrons. The van der Waals surface area contributed by atoms with Crippen molar-refractivity contribution in [3.63, 3.8) is 0 Å². The lowest BCUT2D eigenvalue weighted by atomic mass is 9.82. The van der Waals surface area contributed by atoms with Gasteiger partial charge in [0.05, 0.1) is 5.69 Å². The number of rotatable bonds is 6. The van der Waals surface area contributed by atoms with Crippen molar-refractivity contribution in [3.8, 4) is 33.4 Å². The van der Waals surface area contributed by atoms with Gasteiger partial charge in [-0.15, -0.1) is 11.3 Å². The number of hydrogen-bond donors (Lipinski definition) is 0. The van der Waals surface area contributed by atoms with Gasteiger partial charge in [-0.25, -0.2) is 0 Å². The number of thiophene rings is 1. The molecule has 0 radical (unpaired) electrons. The van der Waals surface area contributed by atoms with E-state index in [2.05, 4.69) is 249 Å². The lowest BCUT2D eigenvalue weighted by Gasteiger charge is -2.30. The third-order valence-electron chi connectivity index (χ3n) is 13.7. The SMILES string of the molecule is C=C1/C=C\C=C/CN(c2ccccc2)c2ccc(-c3ccc(N(c4ccc5c(c4)C(C)(C)c4ccccc4-5)c4ccc(-c5cccc6c5sc5ccccc56)c5ccccc45)cc3)cc21. The molecule has 12 rings (SSSR count). The Morgan fingerprint density at radius 2 is 1.18 bits per heavy atom. The van der Waals surface area contributed by atoms with Crippen molar-refractivity contribution in [2.45, 2.75) is 19.3 Å². The van der Waals surface area contributed by atoms with Gasteiger partial charge < -0.3 is 9.80 Å². The van der Waals surface area contributed by atoms with Gasteiger partial charge in [-0.3, -0.25) is 0 Å². The number of anilines is 5. The van der Waals surface area contributed by atoms with Crippen LogP contribution in [0.25, 0.3) is 69.9 Å². The number of fused-ring (bicyclic) bond motifs is 8. The standard InChI is InChI=1S/C62H46N2S/c1-41-17-6-5-15-38-63(44-18-7-4-8-19-44)58-36-30-43(39-55(41)58)42-28-31-45(32-29-42)64(46-33-34-50-49-21-11-13-26-56(49)62(2,3)57(50)40-46)59-37-35-48(47-20-9-10-22-51(47)59)53-24-16-25-54-52-23-12-14-27-60(52)65-61(53)54/h4-37,39-40H,1,38H2,2-3H3/b15-5-,17-6-. The highest BCUT2D eigenvalue weighted by atomic mass is 32.1. The summed E-state index contributed by atoms with van der Waals surface area (Å²) in [6, 6.07) is 71.8. The second kappa shape index (κ2) is 15.5. The Bertz CT molecular complexity index is 3570. The molecule has 0 bridgehead atoms. The molecule has 0 amide bonds. The van der Waals surface area contributed by atoms with Crippen molar-refractivity contribution in [3.05, 3.63) is 242 Å². The van der Waals surface area contributed by atoms with Crippen LogP contribution in [-0.2, 0) is 5.41 Å². The van der Waals surface area contributed by atoms with E-state index in [-0.39, 0.29) is 5.41 Å². The van der Waals surface area contributed by atoms with Gasteiger partial charge in [-0.05, 0) is 111 Å². The molecule has 1 aliphatic heterocycles. The lowest BCUT2D eigenvalue weighted by molar-refractivity contribution is 0.660. The van der Waals surface area contributed by atoms with Gasteiger partial charge in [-0.1, -0.05) is 178 Å². The van der Waals surface area contributed by atoms with Crippen LogP contribution in [0.5, 0.6) is 0 Å². The molecule has 0 N–H and O–H groups in total. The molecular weight excluding hydrogens is 805 g/mol. The fourth-order valence-corrected chi connectivity index (χ4v) is 11.6. The zero-order valence-electron chi connectivity index (χ0n) is 36.5. The van der Waals surface area contributed by atoms with Crippen molar-refractivity contribution in [1.82, 2.24) is 0 Å². The maximum Gasteiger partial charge on any atom is 0.0540 e. The lowest BCUT2D eigenvalue weighted by Crippen LogP contribution is -2.18. The van der Waals surface area contributed by atoms with Gasteiger partial charge in [-0.2, -0.15) is 0 Å². The fraction of sp³-hybridized carbons (Fsp3) is 0.0645. The second-order valence-corrected chi connectivity index (χ2v) is 18.8. The number of benzene rings is 9. The molecule has 0 fully saturated rings. The van der Waals surface area contributed by atoms with E-state index in [0.29, 0.717) is 0 Å². The van der Waals surface area contributed by atoms with Crippen molar-refractivity contribution in [1.29, 1.82) is 0 Å². The molecule has 2 aliphatic rings. The Labute approximate surface area is 385 Å². The summed E-state index contributed by atoms with van der Waals surface area (Å²) in [5.41, 5.74) is 17.8. The van der Waals surface area contributed by atoms with E-state index in [1.54, 1.807) is 0 Å². The van der Waals surface area contributed by atoms with E-state index in [9.17, 15) is 0 Å². The highest BCUT2D eigenvalue weighted by molar-refractivity contribution is 7.26. The summed E-state index contributed by atoms with van der Waals surface area (Å²) in [6.07, 6.45) is 8.52. The van der Waals surface area contributed by atoms with Gasteiger partial charge in [0.1, 0.15) is 0 Å². The van der Waals surface area contributed by atoms with Crippen LogP contribution in [0.1, 0.15) is 30.5 Å². The van der Waals surface area contributed by atoms with Crippen LogP contribution in [0.15, 0.2) is 225 Å². The molecule has 10 aromatic rings. The molecule has 2 heterocycles. The summed E-state index contributed by atoms with van der Waals surface area (Å²) >= 11 is 1.89. The molecule has 65 heavy (non-hydrogen) atoms. The minimum Gasteiger partial charge on any atom is -0.337 e. The minimum atomic E-state index is -0.138. The van der Waals surface area contributed by atoms with Crippen LogP contribution in [0.2, 0.25) is 0 Å². The molecule has 9 aromatic carbocycles. The Balaban J connectivity index is 1.00. The largest absolute Gasteiger partial charge is 0.337 e. The van der Waals surface area contributed by atoms with E-state index in [0.717, 1.165) is 57.2 Å². The Hall–Kier alpha value is -7.72. The third kappa shape index (κ3) is 6.45. The fourth-order valence-electron chi connectivity index (χ4n) is 10.4. The molecule has 0 saturated carbocycles. The molecular formula is C62H46N2S. The van der Waals surface area contributed by atoms with Crippen LogP contribution in [-0.4, -0.2) is 6.54 Å². The molecule has 2 nitrogen and oxygen atoms in total. The van der Waals surface area contributed by atoms with Crippen LogP contribution in [0.4, 0.5) is 28.4 Å². The molecule has 1 aliphatic carbocycles. The van der Waals surface area contributed by atoms with Crippen LogP contribution < -0.4 is 9.80 Å². The normalized spacial score (nSPS) is 14.9. The Morgan fingerprint density at radius 3 is 2.05 bits per heavy atom. The summed E-state index contributed by atoms with van der Waals surface area (Å²) in [5, 5.41) is 5.07. The van der Waals surface area contributed by atoms with Gasteiger partial charge in [0.2, 0.25) is 0 Å². The van der Waals surface area contributed by atoms with E-state index < -0.39 is 0 Å². The zero-order valence-corrected chi connectivity index (χ0v) is 37.3. The average molecular weight is 851 g/mol. The predicted molar refractivity (Wildman–Crippen MR) is 281 cm³/mol. The first kappa shape index (κ1) is 38.9. The first-order chi connectivity index (χ1) is 31.9. The number of nitrogens with zero attached hydrogens (tertiary/aromatic N) is 2. The van der Waals surface area contributed by atoms with E-state index in [1.165, 1.54) is 64.3 Å². The van der Waals surface area contributed by atoms with E-state index >= 15 is 0 Å². The highest BCUT2D eigenvalue weighted by Crippen LogP contribution is 2.52.